The molecule has 1 fully saturated rings. The third kappa shape index (κ3) is 6.16. The molecule has 1 aliphatic heterocycles. The standard InChI is InChI=1S/C23H26F3N3O4/c1-14(2)11-22(32)12-29(13-22)21(31)28-17-8-16(23(24,25)26)9-19(10-17)33-18-6-4-15(5-7-18)20(30)27-3/h4-10,14,32H,11-13H2,1-3H3,(H,27,30)(H,28,31). The molecule has 0 saturated carbocycles. The van der Waals surface area contributed by atoms with E-state index in [1.165, 1.54) is 42.3 Å². The molecule has 0 aliphatic carbocycles. The van der Waals surface area contributed by atoms with Gasteiger partial charge in [-0.15, -0.1) is 0 Å². The lowest BCUT2D eigenvalue weighted by atomic mass is 9.86. The molecule has 178 valence electrons. The number of anilines is 1. The molecule has 1 heterocycles. The van der Waals surface area contributed by atoms with Crippen LogP contribution in [0.5, 0.6) is 11.5 Å². The Bertz CT molecular complexity index is 1020. The SMILES string of the molecule is CNC(=O)c1ccc(Oc2cc(NC(=O)N3CC(O)(CC(C)C)C3)cc(C(F)(F)F)c2)cc1. The Morgan fingerprint density at radius 1 is 1.12 bits per heavy atom. The van der Waals surface area contributed by atoms with Crippen molar-refractivity contribution in [2.24, 2.45) is 5.92 Å². The first-order valence-electron chi connectivity index (χ1n) is 10.4. The number of aliphatic hydroxyl groups is 1. The normalized spacial score (nSPS) is 15.1. The van der Waals surface area contributed by atoms with Crippen LogP contribution in [0.15, 0.2) is 42.5 Å². The average molecular weight is 465 g/mol. The quantitative estimate of drug-likeness (QED) is 0.587. The van der Waals surface area contributed by atoms with Crippen LogP contribution < -0.4 is 15.4 Å². The lowest BCUT2D eigenvalue weighted by Gasteiger charge is -2.47. The second-order valence-electron chi connectivity index (χ2n) is 8.56. The Labute approximate surface area is 189 Å². The van der Waals surface area contributed by atoms with Gasteiger partial charge in [-0.3, -0.25) is 4.79 Å². The number of hydrogen-bond donors (Lipinski definition) is 3. The largest absolute Gasteiger partial charge is 0.457 e. The number of halogens is 3. The topological polar surface area (TPSA) is 90.9 Å². The smallest absolute Gasteiger partial charge is 0.416 e. The van der Waals surface area contributed by atoms with Crippen LogP contribution in [0.3, 0.4) is 0 Å². The first-order chi connectivity index (χ1) is 15.4. The van der Waals surface area contributed by atoms with Gasteiger partial charge >= 0.3 is 12.2 Å². The number of urea groups is 1. The van der Waals surface area contributed by atoms with E-state index in [0.29, 0.717) is 12.0 Å². The fraction of sp³-hybridized carbons (Fsp3) is 0.391. The van der Waals surface area contributed by atoms with Crippen LogP contribution >= 0.6 is 0 Å². The first-order valence-corrected chi connectivity index (χ1v) is 10.4. The van der Waals surface area contributed by atoms with Crippen LogP contribution in [-0.2, 0) is 6.18 Å². The molecule has 2 aromatic carbocycles. The van der Waals surface area contributed by atoms with Crippen LogP contribution in [0, 0.1) is 5.92 Å². The number of rotatable bonds is 6. The van der Waals surface area contributed by atoms with Gasteiger partial charge in [-0.1, -0.05) is 13.8 Å². The van der Waals surface area contributed by atoms with Crippen molar-refractivity contribution < 1.29 is 32.6 Å². The number of carbonyl (C=O) groups is 2. The Morgan fingerprint density at radius 3 is 2.30 bits per heavy atom. The predicted octanol–water partition coefficient (Wildman–Crippen LogP) is 4.48. The van der Waals surface area contributed by atoms with Gasteiger partial charge in [0.25, 0.3) is 5.91 Å². The molecule has 7 nitrogen and oxygen atoms in total. The Kier molecular flexibility index (Phi) is 6.87. The van der Waals surface area contributed by atoms with E-state index in [2.05, 4.69) is 10.6 Å². The zero-order chi connectivity index (χ0) is 24.4. The van der Waals surface area contributed by atoms with Crippen molar-refractivity contribution in [3.05, 3.63) is 53.6 Å². The molecule has 0 radical (unpaired) electrons. The summed E-state index contributed by atoms with van der Waals surface area (Å²) in [5, 5.41) is 15.3. The maximum absolute atomic E-state index is 13.4. The summed E-state index contributed by atoms with van der Waals surface area (Å²) in [5.41, 5.74) is -1.69. The number of benzene rings is 2. The van der Waals surface area contributed by atoms with Gasteiger partial charge in [-0.05, 0) is 48.7 Å². The molecule has 1 aliphatic rings. The van der Waals surface area contributed by atoms with E-state index in [4.69, 9.17) is 4.74 Å². The number of hydrogen-bond acceptors (Lipinski definition) is 4. The number of likely N-dealkylation sites (tertiary alicyclic amines) is 1. The van der Waals surface area contributed by atoms with E-state index >= 15 is 0 Å². The van der Waals surface area contributed by atoms with Crippen molar-refractivity contribution in [3.8, 4) is 11.5 Å². The predicted molar refractivity (Wildman–Crippen MR) is 116 cm³/mol. The second kappa shape index (κ2) is 9.30. The lowest BCUT2D eigenvalue weighted by molar-refractivity contribution is -0.137. The van der Waals surface area contributed by atoms with Crippen molar-refractivity contribution in [1.82, 2.24) is 10.2 Å². The zero-order valence-electron chi connectivity index (χ0n) is 18.5. The van der Waals surface area contributed by atoms with Gasteiger partial charge in [0.15, 0.2) is 0 Å². The molecule has 0 spiro atoms. The monoisotopic (exact) mass is 465 g/mol. The van der Waals surface area contributed by atoms with Crippen molar-refractivity contribution in [2.45, 2.75) is 32.0 Å². The van der Waals surface area contributed by atoms with Gasteiger partial charge in [-0.25, -0.2) is 4.79 Å². The maximum atomic E-state index is 13.4. The molecule has 2 aromatic rings. The number of alkyl halides is 3. The minimum absolute atomic E-state index is 0.0916. The van der Waals surface area contributed by atoms with Crippen molar-refractivity contribution >= 4 is 17.6 Å². The number of carbonyl (C=O) groups excluding carboxylic acids is 2. The molecule has 0 bridgehead atoms. The fourth-order valence-electron chi connectivity index (χ4n) is 3.75. The van der Waals surface area contributed by atoms with E-state index in [0.717, 1.165) is 12.1 Å². The summed E-state index contributed by atoms with van der Waals surface area (Å²) in [5.74, 6) is 0.0270. The number of nitrogens with zero attached hydrogens (tertiary/aromatic N) is 1. The molecular weight excluding hydrogens is 439 g/mol. The summed E-state index contributed by atoms with van der Waals surface area (Å²) in [4.78, 5) is 25.4. The van der Waals surface area contributed by atoms with E-state index in [1.807, 2.05) is 13.8 Å². The van der Waals surface area contributed by atoms with Gasteiger partial charge in [0, 0.05) is 24.4 Å². The highest BCUT2D eigenvalue weighted by Gasteiger charge is 2.44. The lowest BCUT2D eigenvalue weighted by Crippen LogP contribution is -2.64. The molecule has 1 saturated heterocycles. The molecule has 0 atom stereocenters. The third-order valence-corrected chi connectivity index (χ3v) is 5.11. The van der Waals surface area contributed by atoms with Gasteiger partial charge in [0.05, 0.1) is 18.7 Å². The third-order valence-electron chi connectivity index (χ3n) is 5.11. The van der Waals surface area contributed by atoms with Crippen LogP contribution in [0.25, 0.3) is 0 Å². The number of β-amino-alcohol motifs (C(OH)–C–C–N with tert-alkyl or cyclic N) is 1. The zero-order valence-corrected chi connectivity index (χ0v) is 18.5. The molecule has 3 N–H and O–H groups in total. The molecular formula is C23H26F3N3O4. The van der Waals surface area contributed by atoms with Crippen LogP contribution in [0.2, 0.25) is 0 Å². The second-order valence-corrected chi connectivity index (χ2v) is 8.56. The molecule has 33 heavy (non-hydrogen) atoms. The van der Waals surface area contributed by atoms with Crippen LogP contribution in [0.1, 0.15) is 36.2 Å². The van der Waals surface area contributed by atoms with Gasteiger partial charge in [0.1, 0.15) is 17.1 Å². The van der Waals surface area contributed by atoms with Crippen LogP contribution in [0.4, 0.5) is 23.7 Å². The molecule has 10 heteroatoms. The summed E-state index contributed by atoms with van der Waals surface area (Å²) in [7, 11) is 1.48. The van der Waals surface area contributed by atoms with Crippen molar-refractivity contribution in [1.29, 1.82) is 0 Å². The van der Waals surface area contributed by atoms with Gasteiger partial charge in [-0.2, -0.15) is 13.2 Å². The van der Waals surface area contributed by atoms with E-state index < -0.39 is 23.4 Å². The van der Waals surface area contributed by atoms with E-state index in [-0.39, 0.29) is 42.1 Å². The summed E-state index contributed by atoms with van der Waals surface area (Å²) in [6.07, 6.45) is -4.13. The highest BCUT2D eigenvalue weighted by Crippen LogP contribution is 2.36. The molecule has 0 unspecified atom stereocenters. The van der Waals surface area contributed by atoms with E-state index in [1.54, 1.807) is 0 Å². The number of ether oxygens (including phenoxy) is 1. The summed E-state index contributed by atoms with van der Waals surface area (Å²) >= 11 is 0. The Hall–Kier alpha value is -3.27. The first kappa shape index (κ1) is 24.4. The number of nitrogens with one attached hydrogen (secondary N) is 2. The Balaban J connectivity index is 1.75. The fourth-order valence-corrected chi connectivity index (χ4v) is 3.75. The molecule has 0 aromatic heterocycles. The van der Waals surface area contributed by atoms with Crippen molar-refractivity contribution in [2.75, 3.05) is 25.5 Å². The van der Waals surface area contributed by atoms with Crippen LogP contribution in [-0.4, -0.2) is 47.7 Å². The Morgan fingerprint density at radius 2 is 1.76 bits per heavy atom. The van der Waals surface area contributed by atoms with E-state index in [9.17, 15) is 27.9 Å². The average Bonchev–Trinajstić information content (AvgIpc) is 2.70. The molecule has 3 amide bonds. The number of amides is 3. The summed E-state index contributed by atoms with van der Waals surface area (Å²) in [6.45, 7) is 4.13. The minimum Gasteiger partial charge on any atom is -0.457 e. The molecule has 3 rings (SSSR count). The summed E-state index contributed by atoms with van der Waals surface area (Å²) < 4.78 is 45.8. The maximum Gasteiger partial charge on any atom is 0.416 e. The van der Waals surface area contributed by atoms with Gasteiger partial charge in [0.2, 0.25) is 0 Å². The summed E-state index contributed by atoms with van der Waals surface area (Å²) in [6, 6.07) is 8.19. The highest BCUT2D eigenvalue weighted by molar-refractivity contribution is 5.94. The van der Waals surface area contributed by atoms with Crippen molar-refractivity contribution in [3.63, 3.8) is 0 Å². The minimum atomic E-state index is -4.66. The highest BCUT2D eigenvalue weighted by atomic mass is 19.4. The van der Waals surface area contributed by atoms with Gasteiger partial charge < -0.3 is 25.4 Å².